The van der Waals surface area contributed by atoms with Crippen LogP contribution in [0, 0.1) is 6.92 Å². The summed E-state index contributed by atoms with van der Waals surface area (Å²) in [7, 11) is 0. The maximum atomic E-state index is 5.45. The van der Waals surface area contributed by atoms with Gasteiger partial charge in [-0.3, -0.25) is 0 Å². The van der Waals surface area contributed by atoms with Crippen LogP contribution in [0.5, 0.6) is 0 Å². The molecule has 7 nitrogen and oxygen atoms in total. The third kappa shape index (κ3) is 5.16. The molecule has 1 saturated heterocycles. The largest absolute Gasteiger partial charge is 0.378 e. The average molecular weight is 509 g/mol. The van der Waals surface area contributed by atoms with E-state index in [-0.39, 0.29) is 6.04 Å². The SMILES string of the molecule is Cc1nc(N[C@@H](C)c2cccc(-c3ccc(N4CCOCC4)nc3)c2)cc(-c2ccc3scnc3c2)n1. The molecule has 0 unspecified atom stereocenters. The van der Waals surface area contributed by atoms with Crippen molar-refractivity contribution in [3.8, 4) is 22.4 Å². The summed E-state index contributed by atoms with van der Waals surface area (Å²) >= 11 is 1.64. The molecule has 2 aromatic carbocycles. The van der Waals surface area contributed by atoms with Crippen LogP contribution in [0.1, 0.15) is 24.4 Å². The summed E-state index contributed by atoms with van der Waals surface area (Å²) in [6.45, 7) is 7.35. The van der Waals surface area contributed by atoms with E-state index >= 15 is 0 Å². The van der Waals surface area contributed by atoms with E-state index in [9.17, 15) is 0 Å². The Labute approximate surface area is 220 Å². The van der Waals surface area contributed by atoms with Gasteiger partial charge in [-0.05, 0) is 55.3 Å². The molecule has 5 aromatic rings. The molecule has 0 spiro atoms. The second-order valence-electron chi connectivity index (χ2n) is 9.22. The molecule has 0 amide bonds. The molecule has 1 aliphatic heterocycles. The van der Waals surface area contributed by atoms with E-state index in [0.717, 1.165) is 71.7 Å². The molecule has 1 aliphatic rings. The molecule has 37 heavy (non-hydrogen) atoms. The lowest BCUT2D eigenvalue weighted by Gasteiger charge is -2.27. The smallest absolute Gasteiger partial charge is 0.130 e. The van der Waals surface area contributed by atoms with E-state index in [2.05, 4.69) is 86.7 Å². The summed E-state index contributed by atoms with van der Waals surface area (Å²) in [6.07, 6.45) is 1.96. The molecule has 6 rings (SSSR count). The van der Waals surface area contributed by atoms with Gasteiger partial charge >= 0.3 is 0 Å². The van der Waals surface area contributed by atoms with Gasteiger partial charge in [-0.1, -0.05) is 24.3 Å². The fourth-order valence-corrected chi connectivity index (χ4v) is 5.29. The van der Waals surface area contributed by atoms with Crippen LogP contribution < -0.4 is 10.2 Å². The van der Waals surface area contributed by atoms with Crippen molar-refractivity contribution in [3.63, 3.8) is 0 Å². The van der Waals surface area contributed by atoms with Crippen molar-refractivity contribution in [1.29, 1.82) is 0 Å². The maximum absolute atomic E-state index is 5.45. The summed E-state index contributed by atoms with van der Waals surface area (Å²) < 4.78 is 6.63. The fourth-order valence-electron chi connectivity index (χ4n) is 4.64. The van der Waals surface area contributed by atoms with Gasteiger partial charge in [0.2, 0.25) is 0 Å². The molecule has 3 aromatic heterocycles. The topological polar surface area (TPSA) is 76.1 Å². The highest BCUT2D eigenvalue weighted by molar-refractivity contribution is 7.16. The Hall–Kier alpha value is -3.88. The minimum atomic E-state index is 0.0590. The van der Waals surface area contributed by atoms with E-state index in [1.54, 1.807) is 11.3 Å². The first kappa shape index (κ1) is 23.5. The van der Waals surface area contributed by atoms with E-state index in [4.69, 9.17) is 9.72 Å². The Morgan fingerprint density at radius 2 is 1.78 bits per heavy atom. The second-order valence-corrected chi connectivity index (χ2v) is 10.1. The molecule has 0 bridgehead atoms. The molecule has 0 radical (unpaired) electrons. The first-order valence-electron chi connectivity index (χ1n) is 12.5. The van der Waals surface area contributed by atoms with E-state index in [1.807, 2.05) is 24.7 Å². The van der Waals surface area contributed by atoms with Gasteiger partial charge in [-0.25, -0.2) is 19.9 Å². The van der Waals surface area contributed by atoms with Crippen LogP contribution in [0.4, 0.5) is 11.6 Å². The Bertz CT molecular complexity index is 1530. The summed E-state index contributed by atoms with van der Waals surface area (Å²) in [5.74, 6) is 2.53. The van der Waals surface area contributed by atoms with E-state index < -0.39 is 0 Å². The first-order valence-corrected chi connectivity index (χ1v) is 13.4. The van der Waals surface area contributed by atoms with Crippen molar-refractivity contribution < 1.29 is 4.74 Å². The Balaban J connectivity index is 1.21. The number of nitrogens with zero attached hydrogens (tertiary/aromatic N) is 5. The fraction of sp³-hybridized carbons (Fsp3) is 0.241. The Morgan fingerprint density at radius 1 is 0.919 bits per heavy atom. The summed E-state index contributed by atoms with van der Waals surface area (Å²) in [5, 5.41) is 3.57. The van der Waals surface area contributed by atoms with Crippen LogP contribution >= 0.6 is 11.3 Å². The summed E-state index contributed by atoms with van der Waals surface area (Å²) in [5.41, 5.74) is 8.21. The molecular formula is C29H28N6OS. The maximum Gasteiger partial charge on any atom is 0.130 e. The first-order chi connectivity index (χ1) is 18.1. The molecule has 186 valence electrons. The van der Waals surface area contributed by atoms with Gasteiger partial charge in [0.25, 0.3) is 0 Å². The number of rotatable bonds is 6. The number of hydrogen-bond donors (Lipinski definition) is 1. The third-order valence-electron chi connectivity index (χ3n) is 6.63. The molecule has 8 heteroatoms. The van der Waals surface area contributed by atoms with E-state index in [1.165, 1.54) is 10.3 Å². The van der Waals surface area contributed by atoms with E-state index in [0.29, 0.717) is 0 Å². The zero-order valence-electron chi connectivity index (χ0n) is 20.9. The van der Waals surface area contributed by atoms with Crippen molar-refractivity contribution >= 4 is 33.2 Å². The van der Waals surface area contributed by atoms with Gasteiger partial charge in [0.05, 0.1) is 34.6 Å². The van der Waals surface area contributed by atoms with Crippen LogP contribution in [0.3, 0.4) is 0 Å². The number of anilines is 2. The predicted octanol–water partition coefficient (Wildman–Crippen LogP) is 6.13. The Kier molecular flexibility index (Phi) is 6.51. The van der Waals surface area contributed by atoms with Gasteiger partial charge < -0.3 is 15.0 Å². The summed E-state index contributed by atoms with van der Waals surface area (Å²) in [4.78, 5) is 20.8. The number of thiazole rings is 1. The average Bonchev–Trinajstić information content (AvgIpc) is 3.41. The third-order valence-corrected chi connectivity index (χ3v) is 7.44. The van der Waals surface area contributed by atoms with Crippen LogP contribution in [0.2, 0.25) is 0 Å². The normalized spacial score (nSPS) is 14.6. The van der Waals surface area contributed by atoms with Crippen LogP contribution in [0.25, 0.3) is 32.6 Å². The van der Waals surface area contributed by atoms with Gasteiger partial charge in [-0.15, -0.1) is 11.3 Å². The zero-order valence-corrected chi connectivity index (χ0v) is 21.7. The van der Waals surface area contributed by atoms with Crippen molar-refractivity contribution in [2.24, 2.45) is 0 Å². The van der Waals surface area contributed by atoms with Gasteiger partial charge in [0.1, 0.15) is 17.5 Å². The number of hydrogen-bond acceptors (Lipinski definition) is 8. The number of morpholine rings is 1. The zero-order chi connectivity index (χ0) is 25.2. The molecule has 1 atom stereocenters. The van der Waals surface area contributed by atoms with Crippen molar-refractivity contribution in [1.82, 2.24) is 19.9 Å². The number of aryl methyl sites for hydroxylation is 1. The number of aromatic nitrogens is 4. The molecule has 4 heterocycles. The monoisotopic (exact) mass is 508 g/mol. The number of pyridine rings is 1. The highest BCUT2D eigenvalue weighted by Crippen LogP contribution is 2.29. The van der Waals surface area contributed by atoms with Gasteiger partial charge in [0, 0.05) is 42.5 Å². The number of benzene rings is 2. The summed E-state index contributed by atoms with van der Waals surface area (Å²) in [6, 6.07) is 21.2. The van der Waals surface area contributed by atoms with Crippen LogP contribution in [-0.2, 0) is 4.74 Å². The molecule has 1 fully saturated rings. The Morgan fingerprint density at radius 3 is 2.62 bits per heavy atom. The highest BCUT2D eigenvalue weighted by atomic mass is 32.1. The standard InChI is InChI=1S/C29H28N6OS/c1-19(32-28-16-25(33-20(2)34-28)23-6-8-27-26(15-23)31-18-37-27)21-4-3-5-22(14-21)24-7-9-29(30-17-24)35-10-12-36-13-11-35/h3-9,14-19H,10-13H2,1-2H3,(H,32,33,34)/t19-/m0/s1. The minimum absolute atomic E-state index is 0.0590. The number of fused-ring (bicyclic) bond motifs is 1. The van der Waals surface area contributed by atoms with Crippen molar-refractivity contribution in [2.75, 3.05) is 36.5 Å². The lowest BCUT2D eigenvalue weighted by molar-refractivity contribution is 0.122. The molecular weight excluding hydrogens is 480 g/mol. The quantitative estimate of drug-likeness (QED) is 0.295. The molecule has 0 saturated carbocycles. The van der Waals surface area contributed by atoms with Gasteiger partial charge in [-0.2, -0.15) is 0 Å². The molecule has 1 N–H and O–H groups in total. The molecule has 0 aliphatic carbocycles. The second kappa shape index (κ2) is 10.2. The van der Waals surface area contributed by atoms with Crippen LogP contribution in [-0.4, -0.2) is 46.2 Å². The number of nitrogens with one attached hydrogen (secondary N) is 1. The van der Waals surface area contributed by atoms with Crippen molar-refractivity contribution in [2.45, 2.75) is 19.9 Å². The highest BCUT2D eigenvalue weighted by Gasteiger charge is 2.14. The lowest BCUT2D eigenvalue weighted by Crippen LogP contribution is -2.36. The lowest BCUT2D eigenvalue weighted by atomic mass is 10.0. The van der Waals surface area contributed by atoms with Crippen LogP contribution in [0.15, 0.2) is 72.4 Å². The number of ether oxygens (including phenoxy) is 1. The van der Waals surface area contributed by atoms with Gasteiger partial charge in [0.15, 0.2) is 0 Å². The predicted molar refractivity (Wildman–Crippen MR) is 150 cm³/mol. The minimum Gasteiger partial charge on any atom is -0.378 e. The van der Waals surface area contributed by atoms with Crippen molar-refractivity contribution in [3.05, 3.63) is 83.8 Å².